The first-order valence-electron chi connectivity index (χ1n) is 8.50. The summed E-state index contributed by atoms with van der Waals surface area (Å²) in [6.45, 7) is 1.88. The lowest BCUT2D eigenvalue weighted by molar-refractivity contribution is 0.186. The van der Waals surface area contributed by atoms with Crippen LogP contribution in [0.1, 0.15) is 74.8 Å². The molecule has 0 nitrogen and oxygen atoms in total. The second kappa shape index (κ2) is 6.28. The number of rotatable bonds is 2. The van der Waals surface area contributed by atoms with Crippen LogP contribution in [0, 0.1) is 24.6 Å². The van der Waals surface area contributed by atoms with Crippen LogP contribution in [0.25, 0.3) is 0 Å². The Labute approximate surface area is 122 Å². The molecule has 0 heterocycles. The van der Waals surface area contributed by atoms with E-state index in [4.69, 9.17) is 0 Å². The maximum atomic E-state index is 13.4. The molecule has 0 atom stereocenters. The molecule has 20 heavy (non-hydrogen) atoms. The van der Waals surface area contributed by atoms with Gasteiger partial charge in [0, 0.05) is 0 Å². The fourth-order valence-corrected chi connectivity index (χ4v) is 4.45. The van der Waals surface area contributed by atoms with Crippen LogP contribution in [-0.4, -0.2) is 0 Å². The van der Waals surface area contributed by atoms with Crippen molar-refractivity contribution in [3.05, 3.63) is 35.1 Å². The minimum atomic E-state index is -0.0651. The van der Waals surface area contributed by atoms with Crippen molar-refractivity contribution in [2.45, 2.75) is 70.6 Å². The Morgan fingerprint density at radius 1 is 0.850 bits per heavy atom. The van der Waals surface area contributed by atoms with Crippen LogP contribution < -0.4 is 0 Å². The molecule has 0 aliphatic heterocycles. The van der Waals surface area contributed by atoms with Crippen LogP contribution in [-0.2, 0) is 0 Å². The first-order chi connectivity index (χ1) is 9.74. The smallest absolute Gasteiger partial charge is 0.126 e. The first kappa shape index (κ1) is 14.1. The van der Waals surface area contributed by atoms with Crippen LogP contribution in [0.4, 0.5) is 4.39 Å². The minimum absolute atomic E-state index is 0.0651. The van der Waals surface area contributed by atoms with Crippen molar-refractivity contribution in [2.75, 3.05) is 0 Å². The molecule has 110 valence electrons. The lowest BCUT2D eigenvalue weighted by Gasteiger charge is -2.36. The average Bonchev–Trinajstić information content (AvgIpc) is 2.51. The molecule has 3 rings (SSSR count). The van der Waals surface area contributed by atoms with Gasteiger partial charge in [0.05, 0.1) is 0 Å². The fraction of sp³-hybridized carbons (Fsp3) is 0.684. The number of hydrogen-bond acceptors (Lipinski definition) is 0. The fourth-order valence-electron chi connectivity index (χ4n) is 4.45. The highest BCUT2D eigenvalue weighted by atomic mass is 19.1. The zero-order valence-electron chi connectivity index (χ0n) is 12.7. The van der Waals surface area contributed by atoms with E-state index >= 15 is 0 Å². The number of benzene rings is 1. The van der Waals surface area contributed by atoms with Crippen LogP contribution in [0.3, 0.4) is 0 Å². The molecule has 0 unspecified atom stereocenters. The molecular formula is C19H27F. The highest BCUT2D eigenvalue weighted by molar-refractivity contribution is 5.27. The van der Waals surface area contributed by atoms with Gasteiger partial charge in [0.1, 0.15) is 5.82 Å². The van der Waals surface area contributed by atoms with E-state index in [2.05, 4.69) is 6.07 Å². The van der Waals surface area contributed by atoms with Crippen molar-refractivity contribution in [1.82, 2.24) is 0 Å². The van der Waals surface area contributed by atoms with E-state index < -0.39 is 0 Å². The second-order valence-electron chi connectivity index (χ2n) is 7.02. The summed E-state index contributed by atoms with van der Waals surface area (Å²) in [5.74, 6) is 2.60. The quantitative estimate of drug-likeness (QED) is 0.621. The van der Waals surface area contributed by atoms with Crippen molar-refractivity contribution in [1.29, 1.82) is 0 Å². The zero-order chi connectivity index (χ0) is 13.9. The molecule has 2 aliphatic carbocycles. The van der Waals surface area contributed by atoms with E-state index in [9.17, 15) is 4.39 Å². The van der Waals surface area contributed by atoms with Gasteiger partial charge in [-0.3, -0.25) is 0 Å². The summed E-state index contributed by atoms with van der Waals surface area (Å²) in [4.78, 5) is 0. The Morgan fingerprint density at radius 3 is 2.15 bits per heavy atom. The molecule has 0 spiro atoms. The number of aryl methyl sites for hydroxylation is 1. The Hall–Kier alpha value is -0.850. The van der Waals surface area contributed by atoms with E-state index in [1.54, 1.807) is 6.07 Å². The van der Waals surface area contributed by atoms with E-state index in [1.807, 2.05) is 13.0 Å². The van der Waals surface area contributed by atoms with Gasteiger partial charge in [0.25, 0.3) is 0 Å². The topological polar surface area (TPSA) is 0 Å². The van der Waals surface area contributed by atoms with E-state index in [1.165, 1.54) is 63.4 Å². The normalized spacial score (nSPS) is 28.5. The maximum absolute atomic E-state index is 13.4. The van der Waals surface area contributed by atoms with Gasteiger partial charge in [-0.2, -0.15) is 0 Å². The molecular weight excluding hydrogens is 247 g/mol. The average molecular weight is 274 g/mol. The van der Waals surface area contributed by atoms with Crippen LogP contribution >= 0.6 is 0 Å². The summed E-state index contributed by atoms with van der Waals surface area (Å²) in [6, 6.07) is 5.73. The summed E-state index contributed by atoms with van der Waals surface area (Å²) >= 11 is 0. The van der Waals surface area contributed by atoms with E-state index in [0.29, 0.717) is 5.92 Å². The van der Waals surface area contributed by atoms with Crippen LogP contribution in [0.2, 0.25) is 0 Å². The predicted octanol–water partition coefficient (Wildman–Crippen LogP) is 5.99. The summed E-state index contributed by atoms with van der Waals surface area (Å²) in [7, 11) is 0. The van der Waals surface area contributed by atoms with Gasteiger partial charge < -0.3 is 0 Å². The predicted molar refractivity (Wildman–Crippen MR) is 82.4 cm³/mol. The highest BCUT2D eigenvalue weighted by Gasteiger charge is 2.29. The monoisotopic (exact) mass is 274 g/mol. The lowest BCUT2D eigenvalue weighted by atomic mass is 9.70. The third-order valence-electron chi connectivity index (χ3n) is 5.74. The van der Waals surface area contributed by atoms with E-state index in [-0.39, 0.29) is 5.82 Å². The van der Waals surface area contributed by atoms with Gasteiger partial charge in [-0.05, 0) is 67.6 Å². The van der Waals surface area contributed by atoms with Gasteiger partial charge in [-0.25, -0.2) is 4.39 Å². The van der Waals surface area contributed by atoms with Crippen LogP contribution in [0.5, 0.6) is 0 Å². The summed E-state index contributed by atoms with van der Waals surface area (Å²) in [5.41, 5.74) is 2.17. The van der Waals surface area contributed by atoms with Crippen LogP contribution in [0.15, 0.2) is 18.2 Å². The van der Waals surface area contributed by atoms with Gasteiger partial charge in [0.15, 0.2) is 0 Å². The molecule has 0 saturated heterocycles. The van der Waals surface area contributed by atoms with Crippen molar-refractivity contribution < 1.29 is 4.39 Å². The van der Waals surface area contributed by atoms with Crippen molar-refractivity contribution in [3.8, 4) is 0 Å². The van der Waals surface area contributed by atoms with Crippen molar-refractivity contribution in [3.63, 3.8) is 0 Å². The third kappa shape index (κ3) is 3.07. The second-order valence-corrected chi connectivity index (χ2v) is 7.02. The van der Waals surface area contributed by atoms with Crippen molar-refractivity contribution >= 4 is 0 Å². The molecule has 0 aromatic heterocycles. The molecule has 2 aliphatic rings. The molecule has 0 N–H and O–H groups in total. The Bertz CT molecular complexity index is 437. The molecule has 0 amide bonds. The molecule has 1 aromatic rings. The summed E-state index contributed by atoms with van der Waals surface area (Å²) < 4.78 is 13.4. The third-order valence-corrected chi connectivity index (χ3v) is 5.74. The van der Waals surface area contributed by atoms with Gasteiger partial charge in [0.2, 0.25) is 0 Å². The van der Waals surface area contributed by atoms with Gasteiger partial charge >= 0.3 is 0 Å². The zero-order valence-corrected chi connectivity index (χ0v) is 12.7. The molecule has 2 fully saturated rings. The number of hydrogen-bond donors (Lipinski definition) is 0. The van der Waals surface area contributed by atoms with Gasteiger partial charge in [-0.1, -0.05) is 44.2 Å². The maximum Gasteiger partial charge on any atom is 0.126 e. The Morgan fingerprint density at radius 2 is 1.50 bits per heavy atom. The van der Waals surface area contributed by atoms with Crippen molar-refractivity contribution in [2.24, 2.45) is 11.8 Å². The Balaban J connectivity index is 1.58. The first-order valence-corrected chi connectivity index (χ1v) is 8.50. The summed E-state index contributed by atoms with van der Waals surface area (Å²) in [6.07, 6.45) is 12.7. The SMILES string of the molecule is Cc1cc(C2CCC(C3CCCCC3)CC2)ccc1F. The standard InChI is InChI=1S/C19H27F/c1-14-13-18(11-12-19(14)20)17-9-7-16(8-10-17)15-5-3-2-4-6-15/h11-13,15-17H,2-10H2,1H3. The molecule has 1 aromatic carbocycles. The number of halogens is 1. The molecule has 0 radical (unpaired) electrons. The van der Waals surface area contributed by atoms with Gasteiger partial charge in [-0.15, -0.1) is 0 Å². The molecule has 0 bridgehead atoms. The largest absolute Gasteiger partial charge is 0.207 e. The molecule has 1 heteroatoms. The Kier molecular flexibility index (Phi) is 4.43. The molecule has 2 saturated carbocycles. The summed E-state index contributed by atoms with van der Waals surface area (Å²) in [5, 5.41) is 0. The lowest BCUT2D eigenvalue weighted by Crippen LogP contribution is -2.23. The minimum Gasteiger partial charge on any atom is -0.207 e. The highest BCUT2D eigenvalue weighted by Crippen LogP contribution is 2.43. The van der Waals surface area contributed by atoms with E-state index in [0.717, 1.165) is 17.4 Å².